The Morgan fingerprint density at radius 2 is 2.07 bits per heavy atom. The minimum atomic E-state index is -0.361. The number of benzene rings is 1. The minimum absolute atomic E-state index is 0.169. The molecule has 1 aliphatic heterocycles. The molecule has 1 saturated heterocycles. The number of aliphatic hydroxyl groups is 1. The van der Waals surface area contributed by atoms with E-state index in [4.69, 9.17) is 4.74 Å². The van der Waals surface area contributed by atoms with Crippen LogP contribution in [0.2, 0.25) is 0 Å². The van der Waals surface area contributed by atoms with Crippen LogP contribution in [0.5, 0.6) is 0 Å². The lowest BCUT2D eigenvalue weighted by molar-refractivity contribution is 0.0474. The number of ether oxygens (including phenoxy) is 1. The number of H-pyrrole nitrogens is 1. The average Bonchev–Trinajstić information content (AvgIpc) is 3.14. The number of rotatable bonds is 8. The van der Waals surface area contributed by atoms with E-state index in [9.17, 15) is 9.90 Å². The van der Waals surface area contributed by atoms with Gasteiger partial charge in [0.15, 0.2) is 0 Å². The Balaban J connectivity index is 1.63. The van der Waals surface area contributed by atoms with E-state index in [1.807, 2.05) is 0 Å². The number of aliphatic hydroxyl groups excluding tert-OH is 1. The maximum Gasteiger partial charge on any atom is 0.356 e. The molecule has 1 fully saturated rings. The van der Waals surface area contributed by atoms with E-state index in [1.54, 1.807) is 13.1 Å². The number of aromatic amines is 1. The summed E-state index contributed by atoms with van der Waals surface area (Å²) < 4.78 is 5.10. The zero-order chi connectivity index (χ0) is 19.9. The molecule has 1 aliphatic rings. The first-order chi connectivity index (χ1) is 13.6. The first-order valence-corrected chi connectivity index (χ1v) is 9.93. The number of nitrogens with one attached hydrogen (secondary N) is 1. The molecular weight excluding hydrogens is 356 g/mol. The Labute approximate surface area is 166 Å². The van der Waals surface area contributed by atoms with Gasteiger partial charge in [0, 0.05) is 50.9 Å². The van der Waals surface area contributed by atoms with Gasteiger partial charge in [-0.1, -0.05) is 29.8 Å². The first kappa shape index (κ1) is 20.5. The standard InChI is InChI=1S/C21H30N4O3/c1-3-28-21(27)20-18(12-22-23-20)14-24-9-10-25(19(15-24)8-11-26)13-17-6-4-16(2)5-7-17/h4-7,12,19,26H,3,8-11,13-15H2,1-2H3,(H,22,23)/t19-/m1/s1. The van der Waals surface area contributed by atoms with Crippen LogP contribution in [0.15, 0.2) is 30.5 Å². The van der Waals surface area contributed by atoms with Gasteiger partial charge in [0.25, 0.3) is 0 Å². The van der Waals surface area contributed by atoms with E-state index >= 15 is 0 Å². The van der Waals surface area contributed by atoms with Crippen LogP contribution in [0.1, 0.15) is 40.5 Å². The predicted octanol–water partition coefficient (Wildman–Crippen LogP) is 1.96. The molecular formula is C21H30N4O3. The summed E-state index contributed by atoms with van der Waals surface area (Å²) in [6.07, 6.45) is 2.43. The molecule has 1 aromatic heterocycles. The highest BCUT2D eigenvalue weighted by Crippen LogP contribution is 2.19. The third-order valence-corrected chi connectivity index (χ3v) is 5.25. The fraction of sp³-hybridized carbons (Fsp3) is 0.524. The molecule has 0 saturated carbocycles. The number of esters is 1. The van der Waals surface area contributed by atoms with Crippen molar-refractivity contribution in [2.24, 2.45) is 0 Å². The van der Waals surface area contributed by atoms with E-state index in [0.29, 0.717) is 18.8 Å². The number of carbonyl (C=O) groups excluding carboxylic acids is 1. The van der Waals surface area contributed by atoms with Crippen molar-refractivity contribution in [2.75, 3.05) is 32.8 Å². The molecule has 0 radical (unpaired) electrons. The van der Waals surface area contributed by atoms with E-state index in [1.165, 1.54) is 11.1 Å². The van der Waals surface area contributed by atoms with Crippen LogP contribution in [0, 0.1) is 6.92 Å². The van der Waals surface area contributed by atoms with Crippen molar-refractivity contribution >= 4 is 5.97 Å². The second kappa shape index (κ2) is 9.82. The molecule has 0 unspecified atom stereocenters. The van der Waals surface area contributed by atoms with Gasteiger partial charge in [-0.15, -0.1) is 0 Å². The molecule has 28 heavy (non-hydrogen) atoms. The second-order valence-corrected chi connectivity index (χ2v) is 7.35. The highest BCUT2D eigenvalue weighted by Gasteiger charge is 2.28. The van der Waals surface area contributed by atoms with Gasteiger partial charge >= 0.3 is 5.97 Å². The van der Waals surface area contributed by atoms with Gasteiger partial charge in [0.1, 0.15) is 5.69 Å². The highest BCUT2D eigenvalue weighted by molar-refractivity contribution is 5.88. The summed E-state index contributed by atoms with van der Waals surface area (Å²) in [5, 5.41) is 16.3. The van der Waals surface area contributed by atoms with Crippen molar-refractivity contribution in [1.82, 2.24) is 20.0 Å². The zero-order valence-corrected chi connectivity index (χ0v) is 16.7. The van der Waals surface area contributed by atoms with Gasteiger partial charge in [-0.05, 0) is 25.8 Å². The quantitative estimate of drug-likeness (QED) is 0.675. The van der Waals surface area contributed by atoms with Gasteiger partial charge < -0.3 is 9.84 Å². The highest BCUT2D eigenvalue weighted by atomic mass is 16.5. The van der Waals surface area contributed by atoms with Crippen molar-refractivity contribution in [3.05, 3.63) is 52.8 Å². The molecule has 1 aromatic carbocycles. The molecule has 1 atom stereocenters. The van der Waals surface area contributed by atoms with Crippen molar-refractivity contribution in [3.63, 3.8) is 0 Å². The summed E-state index contributed by atoms with van der Waals surface area (Å²) in [5.74, 6) is -0.361. The van der Waals surface area contributed by atoms with E-state index in [0.717, 1.165) is 38.2 Å². The molecule has 0 amide bonds. The van der Waals surface area contributed by atoms with E-state index in [2.05, 4.69) is 51.2 Å². The molecule has 3 rings (SSSR count). The Morgan fingerprint density at radius 3 is 2.79 bits per heavy atom. The van der Waals surface area contributed by atoms with Gasteiger partial charge in [-0.2, -0.15) is 5.10 Å². The molecule has 0 aliphatic carbocycles. The largest absolute Gasteiger partial charge is 0.461 e. The number of nitrogens with zero attached hydrogens (tertiary/aromatic N) is 3. The molecule has 152 valence electrons. The Hall–Kier alpha value is -2.22. The maximum absolute atomic E-state index is 12.1. The maximum atomic E-state index is 12.1. The van der Waals surface area contributed by atoms with Crippen LogP contribution in [0.25, 0.3) is 0 Å². The molecule has 7 heteroatoms. The summed E-state index contributed by atoms with van der Waals surface area (Å²) in [4.78, 5) is 16.8. The Kier molecular flexibility index (Phi) is 7.19. The van der Waals surface area contributed by atoms with Crippen LogP contribution >= 0.6 is 0 Å². The van der Waals surface area contributed by atoms with Crippen molar-refractivity contribution in [3.8, 4) is 0 Å². The van der Waals surface area contributed by atoms with Crippen molar-refractivity contribution in [2.45, 2.75) is 39.4 Å². The number of aromatic nitrogens is 2. The number of hydrogen-bond acceptors (Lipinski definition) is 6. The monoisotopic (exact) mass is 386 g/mol. The molecule has 2 heterocycles. The van der Waals surface area contributed by atoms with Crippen LogP contribution in [0.4, 0.5) is 0 Å². The smallest absolute Gasteiger partial charge is 0.356 e. The lowest BCUT2D eigenvalue weighted by atomic mass is 10.1. The number of hydrogen-bond donors (Lipinski definition) is 2. The normalized spacial score (nSPS) is 18.3. The van der Waals surface area contributed by atoms with Gasteiger partial charge in [-0.25, -0.2) is 4.79 Å². The molecule has 2 aromatic rings. The minimum Gasteiger partial charge on any atom is -0.461 e. The SMILES string of the molecule is CCOC(=O)c1[nH]ncc1CN1CCN(Cc2ccc(C)cc2)[C@H](CCO)C1. The molecule has 2 N–H and O–H groups in total. The Bertz CT molecular complexity index is 759. The number of carbonyl (C=O) groups is 1. The topological polar surface area (TPSA) is 81.7 Å². The summed E-state index contributed by atoms with van der Waals surface area (Å²) in [7, 11) is 0. The van der Waals surface area contributed by atoms with Gasteiger partial charge in [0.05, 0.1) is 12.8 Å². The zero-order valence-electron chi connectivity index (χ0n) is 16.7. The summed E-state index contributed by atoms with van der Waals surface area (Å²) >= 11 is 0. The molecule has 0 spiro atoms. The fourth-order valence-electron chi connectivity index (χ4n) is 3.71. The van der Waals surface area contributed by atoms with Crippen LogP contribution in [-0.4, -0.2) is 70.0 Å². The van der Waals surface area contributed by atoms with Crippen molar-refractivity contribution in [1.29, 1.82) is 0 Å². The number of piperazine rings is 1. The van der Waals surface area contributed by atoms with Crippen LogP contribution in [-0.2, 0) is 17.8 Å². The summed E-state index contributed by atoms with van der Waals surface area (Å²) in [6, 6.07) is 8.91. The lowest BCUT2D eigenvalue weighted by Crippen LogP contribution is -2.52. The third kappa shape index (κ3) is 5.19. The van der Waals surface area contributed by atoms with E-state index in [-0.39, 0.29) is 18.6 Å². The summed E-state index contributed by atoms with van der Waals surface area (Å²) in [5.41, 5.74) is 3.84. The number of aryl methyl sites for hydroxylation is 1. The predicted molar refractivity (Wildman–Crippen MR) is 107 cm³/mol. The average molecular weight is 386 g/mol. The second-order valence-electron chi connectivity index (χ2n) is 7.35. The molecule has 0 bridgehead atoms. The molecule has 7 nitrogen and oxygen atoms in total. The van der Waals surface area contributed by atoms with Crippen LogP contribution in [0.3, 0.4) is 0 Å². The van der Waals surface area contributed by atoms with Crippen LogP contribution < -0.4 is 0 Å². The third-order valence-electron chi connectivity index (χ3n) is 5.25. The van der Waals surface area contributed by atoms with Crippen molar-refractivity contribution < 1.29 is 14.6 Å². The van der Waals surface area contributed by atoms with Gasteiger partial charge in [-0.3, -0.25) is 14.9 Å². The first-order valence-electron chi connectivity index (χ1n) is 9.93. The van der Waals surface area contributed by atoms with E-state index < -0.39 is 0 Å². The fourth-order valence-corrected chi connectivity index (χ4v) is 3.71. The summed E-state index contributed by atoms with van der Waals surface area (Å²) in [6.45, 7) is 8.60. The lowest BCUT2D eigenvalue weighted by Gasteiger charge is -2.41. The Morgan fingerprint density at radius 1 is 1.29 bits per heavy atom. The van der Waals surface area contributed by atoms with Gasteiger partial charge in [0.2, 0.25) is 0 Å².